The summed E-state index contributed by atoms with van der Waals surface area (Å²) in [6.07, 6.45) is 9.17. The molecule has 2 aromatic rings. The zero-order valence-corrected chi connectivity index (χ0v) is 31.4. The SMILES string of the molecule is C=CC(=C)C(C)C.CCCCN(CC(C)OC)C(=O)CCOCCc1cccc(CN2CCC3(CC2)CN(c2cc(C)ccn2)CCO3)c1. The molecule has 49 heavy (non-hydrogen) atoms. The van der Waals surface area contributed by atoms with Crippen LogP contribution in [0, 0.1) is 12.8 Å². The first-order valence-electron chi connectivity index (χ1n) is 18.4. The zero-order chi connectivity index (χ0) is 35.6. The Morgan fingerprint density at radius 3 is 2.53 bits per heavy atom. The zero-order valence-electron chi connectivity index (χ0n) is 31.4. The van der Waals surface area contributed by atoms with Crippen LogP contribution in [0.2, 0.25) is 0 Å². The predicted octanol–water partition coefficient (Wildman–Crippen LogP) is 7.26. The first kappa shape index (κ1) is 40.4. The van der Waals surface area contributed by atoms with Crippen molar-refractivity contribution < 1.29 is 19.0 Å². The molecule has 1 atom stereocenters. The number of amides is 1. The molecule has 8 nitrogen and oxygen atoms in total. The number of rotatable bonds is 17. The first-order valence-corrected chi connectivity index (χ1v) is 18.4. The molecule has 2 aliphatic heterocycles. The van der Waals surface area contributed by atoms with Gasteiger partial charge in [-0.25, -0.2) is 4.98 Å². The Kier molecular flexibility index (Phi) is 17.5. The highest BCUT2D eigenvalue weighted by Gasteiger charge is 2.40. The Morgan fingerprint density at radius 1 is 1.12 bits per heavy atom. The van der Waals surface area contributed by atoms with E-state index in [9.17, 15) is 4.79 Å². The molecule has 1 spiro atoms. The monoisotopic (exact) mass is 676 g/mol. The molecule has 1 aromatic carbocycles. The van der Waals surface area contributed by atoms with E-state index in [1.807, 2.05) is 18.0 Å². The fourth-order valence-electron chi connectivity index (χ4n) is 6.19. The molecule has 0 aliphatic carbocycles. The van der Waals surface area contributed by atoms with E-state index in [-0.39, 0.29) is 17.6 Å². The van der Waals surface area contributed by atoms with Gasteiger partial charge < -0.3 is 24.0 Å². The standard InChI is InChI=1S/C34H52N4O4.C7H12/c1-5-6-16-37(25-29(3)40-4)33(39)12-21-41-20-11-30-8-7-9-31(24-30)26-36-17-13-34(14-18-36)27-38(19-22-42-34)32-23-28(2)10-15-35-32;1-5-7(4)6(2)3/h7-10,15,23-24,29H,5-6,11-14,16-22,25-27H2,1-4H3;5-6H,1,4H2,2-3H3. The topological polar surface area (TPSA) is 67.4 Å². The lowest BCUT2D eigenvalue weighted by molar-refractivity contribution is -0.134. The third-order valence-electron chi connectivity index (χ3n) is 9.65. The minimum atomic E-state index is -0.0736. The fourth-order valence-corrected chi connectivity index (χ4v) is 6.19. The third-order valence-corrected chi connectivity index (χ3v) is 9.65. The fraction of sp³-hybridized carbons (Fsp3) is 0.610. The Morgan fingerprint density at radius 2 is 1.88 bits per heavy atom. The number of piperidine rings is 1. The largest absolute Gasteiger partial charge is 0.381 e. The molecule has 2 fully saturated rings. The number of carbonyl (C=O) groups excluding carboxylic acids is 1. The second-order valence-corrected chi connectivity index (χ2v) is 14.0. The minimum Gasteiger partial charge on any atom is -0.381 e. The number of unbranched alkanes of at least 4 members (excludes halogenated alkanes) is 1. The van der Waals surface area contributed by atoms with Crippen molar-refractivity contribution >= 4 is 11.7 Å². The number of anilines is 1. The highest BCUT2D eigenvalue weighted by Crippen LogP contribution is 2.32. The van der Waals surface area contributed by atoms with Crippen LogP contribution in [0.3, 0.4) is 0 Å². The van der Waals surface area contributed by atoms with Crippen molar-refractivity contribution in [3.63, 3.8) is 0 Å². The maximum absolute atomic E-state index is 12.7. The second kappa shape index (κ2) is 21.2. The third kappa shape index (κ3) is 14.0. The summed E-state index contributed by atoms with van der Waals surface area (Å²) in [6, 6.07) is 13.1. The number of carbonyl (C=O) groups is 1. The number of ether oxygens (including phenoxy) is 3. The van der Waals surface area contributed by atoms with Crippen LogP contribution in [-0.2, 0) is 32.0 Å². The van der Waals surface area contributed by atoms with Gasteiger partial charge in [-0.1, -0.05) is 76.3 Å². The number of pyridine rings is 1. The Bertz CT molecular complexity index is 1290. The van der Waals surface area contributed by atoms with Gasteiger partial charge >= 0.3 is 0 Å². The number of methoxy groups -OCH3 is 1. The average Bonchev–Trinajstić information content (AvgIpc) is 3.11. The quantitative estimate of drug-likeness (QED) is 0.129. The van der Waals surface area contributed by atoms with Crippen LogP contribution in [0.1, 0.15) is 76.5 Å². The summed E-state index contributed by atoms with van der Waals surface area (Å²) in [4.78, 5) is 24.2. The van der Waals surface area contributed by atoms with Gasteiger partial charge in [0.1, 0.15) is 5.82 Å². The summed E-state index contributed by atoms with van der Waals surface area (Å²) in [5.74, 6) is 1.77. The van der Waals surface area contributed by atoms with Crippen LogP contribution in [0.4, 0.5) is 5.82 Å². The maximum atomic E-state index is 12.7. The normalized spacial score (nSPS) is 16.6. The molecule has 3 heterocycles. The van der Waals surface area contributed by atoms with Gasteiger partial charge in [0.25, 0.3) is 0 Å². The number of aryl methyl sites for hydroxylation is 1. The van der Waals surface area contributed by atoms with Crippen LogP contribution in [0.15, 0.2) is 67.4 Å². The lowest BCUT2D eigenvalue weighted by Gasteiger charge is -2.47. The van der Waals surface area contributed by atoms with Crippen LogP contribution in [-0.4, -0.2) is 98.6 Å². The van der Waals surface area contributed by atoms with E-state index >= 15 is 0 Å². The van der Waals surface area contributed by atoms with Gasteiger partial charge in [-0.2, -0.15) is 0 Å². The van der Waals surface area contributed by atoms with Gasteiger partial charge in [0.2, 0.25) is 5.91 Å². The van der Waals surface area contributed by atoms with Gasteiger partial charge in [-0.3, -0.25) is 9.69 Å². The van der Waals surface area contributed by atoms with Crippen molar-refractivity contribution in [2.45, 2.75) is 91.4 Å². The number of morpholine rings is 1. The van der Waals surface area contributed by atoms with Crippen molar-refractivity contribution in [1.29, 1.82) is 0 Å². The summed E-state index contributed by atoms with van der Waals surface area (Å²) in [6.45, 7) is 25.9. The molecule has 1 amide bonds. The van der Waals surface area contributed by atoms with Gasteiger partial charge in [0.05, 0.1) is 37.9 Å². The molecule has 0 saturated carbocycles. The lowest BCUT2D eigenvalue weighted by Crippen LogP contribution is -2.57. The van der Waals surface area contributed by atoms with Crippen LogP contribution in [0.5, 0.6) is 0 Å². The molecule has 0 bridgehead atoms. The summed E-state index contributed by atoms with van der Waals surface area (Å²) in [5, 5.41) is 0. The van der Waals surface area contributed by atoms with E-state index in [0.717, 1.165) is 89.4 Å². The molecule has 2 saturated heterocycles. The smallest absolute Gasteiger partial charge is 0.224 e. The van der Waals surface area contributed by atoms with Gasteiger partial charge in [0, 0.05) is 59.1 Å². The Hall–Kier alpha value is -3.04. The number of nitrogens with zero attached hydrogens (tertiary/aromatic N) is 4. The second-order valence-electron chi connectivity index (χ2n) is 14.0. The van der Waals surface area contributed by atoms with E-state index in [2.05, 4.69) is 92.0 Å². The van der Waals surface area contributed by atoms with Crippen molar-refractivity contribution in [2.75, 3.05) is 71.1 Å². The van der Waals surface area contributed by atoms with Crippen LogP contribution >= 0.6 is 0 Å². The molecule has 1 aromatic heterocycles. The summed E-state index contributed by atoms with van der Waals surface area (Å²) >= 11 is 0. The van der Waals surface area contributed by atoms with E-state index in [1.165, 1.54) is 16.7 Å². The molecule has 272 valence electrons. The molecule has 2 aliphatic rings. The number of hydrogen-bond donors (Lipinski definition) is 0. The summed E-state index contributed by atoms with van der Waals surface area (Å²) in [7, 11) is 1.69. The van der Waals surface area contributed by atoms with Crippen molar-refractivity contribution in [3.8, 4) is 0 Å². The molecular weight excluding hydrogens is 612 g/mol. The Labute approximate surface area is 297 Å². The average molecular weight is 677 g/mol. The van der Waals surface area contributed by atoms with Gasteiger partial charge in [-0.05, 0) is 74.3 Å². The highest BCUT2D eigenvalue weighted by atomic mass is 16.5. The Balaban J connectivity index is 0.000000838. The molecule has 8 heteroatoms. The number of benzene rings is 1. The number of likely N-dealkylation sites (tertiary alicyclic amines) is 1. The van der Waals surface area contributed by atoms with Gasteiger partial charge in [0.15, 0.2) is 0 Å². The molecule has 4 rings (SSSR count). The van der Waals surface area contributed by atoms with Crippen molar-refractivity contribution in [3.05, 3.63) is 84.1 Å². The van der Waals surface area contributed by atoms with Crippen LogP contribution < -0.4 is 4.90 Å². The van der Waals surface area contributed by atoms with E-state index in [0.29, 0.717) is 32.1 Å². The predicted molar refractivity (Wildman–Crippen MR) is 202 cm³/mol. The lowest BCUT2D eigenvalue weighted by atomic mass is 9.89. The summed E-state index contributed by atoms with van der Waals surface area (Å²) < 4.78 is 17.7. The first-order chi connectivity index (χ1) is 23.6. The highest BCUT2D eigenvalue weighted by molar-refractivity contribution is 5.76. The number of aromatic nitrogens is 1. The van der Waals surface area contributed by atoms with E-state index in [4.69, 9.17) is 14.2 Å². The van der Waals surface area contributed by atoms with Gasteiger partial charge in [-0.15, -0.1) is 0 Å². The molecule has 1 unspecified atom stereocenters. The van der Waals surface area contributed by atoms with E-state index < -0.39 is 0 Å². The summed E-state index contributed by atoms with van der Waals surface area (Å²) in [5.41, 5.74) is 4.91. The van der Waals surface area contributed by atoms with Crippen LogP contribution in [0.25, 0.3) is 0 Å². The van der Waals surface area contributed by atoms with E-state index in [1.54, 1.807) is 13.2 Å². The molecule has 0 N–H and O–H groups in total. The maximum Gasteiger partial charge on any atom is 0.224 e. The number of allylic oxidation sites excluding steroid dienone is 2. The van der Waals surface area contributed by atoms with Crippen molar-refractivity contribution in [2.24, 2.45) is 5.92 Å². The minimum absolute atomic E-state index is 0.0394. The molecular formula is C41H64N4O4. The molecule has 0 radical (unpaired) electrons. The number of hydrogen-bond acceptors (Lipinski definition) is 7. The van der Waals surface area contributed by atoms with Crippen molar-refractivity contribution in [1.82, 2.24) is 14.8 Å².